The van der Waals surface area contributed by atoms with E-state index in [0.717, 1.165) is 24.3 Å². The fourth-order valence-corrected chi connectivity index (χ4v) is 2.66. The number of rotatable bonds is 10. The Balaban J connectivity index is 2.42. The Kier molecular flexibility index (Phi) is 8.28. The predicted octanol–water partition coefficient (Wildman–Crippen LogP) is 2.08. The lowest BCUT2D eigenvalue weighted by Crippen LogP contribution is -2.32. The minimum Gasteiger partial charge on any atom is -0.487 e. The first-order valence-electron chi connectivity index (χ1n) is 9.37. The minimum absolute atomic E-state index is 0.0526. The van der Waals surface area contributed by atoms with E-state index in [1.165, 1.54) is 24.3 Å². The molecule has 0 fully saturated rings. The zero-order valence-electron chi connectivity index (χ0n) is 16.8. The minimum atomic E-state index is -0.862. The summed E-state index contributed by atoms with van der Waals surface area (Å²) in [6, 6.07) is 5.51. The molecule has 8 nitrogen and oxygen atoms in total. The van der Waals surface area contributed by atoms with Gasteiger partial charge in [-0.25, -0.2) is 9.18 Å². The number of nitrogens with zero attached hydrogens (tertiary/aromatic N) is 1. The summed E-state index contributed by atoms with van der Waals surface area (Å²) in [5.41, 5.74) is -0.687. The van der Waals surface area contributed by atoms with Crippen LogP contribution in [0.5, 0.6) is 5.75 Å². The number of methoxy groups -OCH3 is 1. The van der Waals surface area contributed by atoms with Crippen LogP contribution in [0.4, 0.5) is 4.39 Å². The number of nitrogens with one attached hydrogen (secondary N) is 1. The molecule has 0 spiro atoms. The van der Waals surface area contributed by atoms with Crippen molar-refractivity contribution < 1.29 is 28.2 Å². The number of aldehydes is 1. The van der Waals surface area contributed by atoms with E-state index in [2.05, 4.69) is 5.32 Å². The van der Waals surface area contributed by atoms with Gasteiger partial charge in [-0.2, -0.15) is 0 Å². The monoisotopic (exact) mass is 418 g/mol. The molecule has 160 valence electrons. The Bertz CT molecular complexity index is 969. The van der Waals surface area contributed by atoms with E-state index in [1.54, 1.807) is 0 Å². The summed E-state index contributed by atoms with van der Waals surface area (Å²) in [5, 5.41) is 2.57. The number of hydrogen-bond acceptors (Lipinski definition) is 6. The molecule has 1 heterocycles. The highest BCUT2D eigenvalue weighted by atomic mass is 19.1. The first-order valence-corrected chi connectivity index (χ1v) is 9.37. The van der Waals surface area contributed by atoms with Crippen molar-refractivity contribution in [2.75, 3.05) is 13.7 Å². The van der Waals surface area contributed by atoms with E-state index in [4.69, 9.17) is 9.47 Å². The number of halogens is 1. The van der Waals surface area contributed by atoms with Gasteiger partial charge in [-0.3, -0.25) is 9.59 Å². The van der Waals surface area contributed by atoms with Gasteiger partial charge in [-0.1, -0.05) is 25.5 Å². The highest BCUT2D eigenvalue weighted by Crippen LogP contribution is 2.17. The molecule has 1 amide bonds. The molecular formula is C21H23FN2O6. The molecule has 0 atom stereocenters. The SMILES string of the molecule is CCCCOc1c(C(=O)OC)n(CC=O)cc(C(=O)NCc2ccc(F)cc2)c1=O. The van der Waals surface area contributed by atoms with Crippen LogP contribution >= 0.6 is 0 Å². The predicted molar refractivity (Wildman–Crippen MR) is 106 cm³/mol. The Morgan fingerprint density at radius 3 is 2.53 bits per heavy atom. The van der Waals surface area contributed by atoms with Crippen molar-refractivity contribution in [3.8, 4) is 5.75 Å². The van der Waals surface area contributed by atoms with Crippen molar-refractivity contribution in [3.63, 3.8) is 0 Å². The van der Waals surface area contributed by atoms with E-state index < -0.39 is 23.1 Å². The molecule has 1 aromatic heterocycles. The van der Waals surface area contributed by atoms with Crippen molar-refractivity contribution >= 4 is 18.2 Å². The van der Waals surface area contributed by atoms with Gasteiger partial charge in [0.05, 0.1) is 20.3 Å². The Hall–Kier alpha value is -3.49. The summed E-state index contributed by atoms with van der Waals surface area (Å²) in [6.45, 7) is 1.84. The van der Waals surface area contributed by atoms with Gasteiger partial charge in [0.15, 0.2) is 11.4 Å². The summed E-state index contributed by atoms with van der Waals surface area (Å²) in [5.74, 6) is -2.33. The molecule has 30 heavy (non-hydrogen) atoms. The summed E-state index contributed by atoms with van der Waals surface area (Å²) in [4.78, 5) is 48.9. The lowest BCUT2D eigenvalue weighted by atomic mass is 10.1. The first-order chi connectivity index (χ1) is 14.4. The number of unbranched alkanes of at least 4 members (excludes halogenated alkanes) is 1. The quantitative estimate of drug-likeness (QED) is 0.360. The van der Waals surface area contributed by atoms with Crippen molar-refractivity contribution in [2.45, 2.75) is 32.9 Å². The van der Waals surface area contributed by atoms with Crippen LogP contribution in [0.25, 0.3) is 0 Å². The molecule has 0 saturated heterocycles. The molecule has 1 aromatic carbocycles. The van der Waals surface area contributed by atoms with Crippen LogP contribution in [0.15, 0.2) is 35.3 Å². The average molecular weight is 418 g/mol. The molecule has 0 aliphatic carbocycles. The van der Waals surface area contributed by atoms with E-state index in [0.29, 0.717) is 18.3 Å². The maximum Gasteiger partial charge on any atom is 0.358 e. The number of carbonyl (C=O) groups is 3. The third kappa shape index (κ3) is 5.53. The van der Waals surface area contributed by atoms with E-state index in [9.17, 15) is 23.6 Å². The van der Waals surface area contributed by atoms with Gasteiger partial charge in [-0.05, 0) is 24.1 Å². The number of hydrogen-bond donors (Lipinski definition) is 1. The molecule has 0 bridgehead atoms. The number of amides is 1. The van der Waals surface area contributed by atoms with Crippen LogP contribution in [0, 0.1) is 5.82 Å². The molecule has 2 rings (SSSR count). The van der Waals surface area contributed by atoms with E-state index in [-0.39, 0.29) is 36.7 Å². The molecule has 0 saturated carbocycles. The zero-order chi connectivity index (χ0) is 22.1. The van der Waals surface area contributed by atoms with Crippen LogP contribution in [-0.2, 0) is 22.6 Å². The van der Waals surface area contributed by atoms with Gasteiger partial charge in [0, 0.05) is 12.7 Å². The number of ether oxygens (including phenoxy) is 2. The van der Waals surface area contributed by atoms with Gasteiger partial charge in [0.25, 0.3) is 5.91 Å². The second-order valence-electron chi connectivity index (χ2n) is 6.37. The molecule has 0 aliphatic heterocycles. The van der Waals surface area contributed by atoms with Crippen LogP contribution in [0.2, 0.25) is 0 Å². The first kappa shape index (κ1) is 22.8. The number of aromatic nitrogens is 1. The van der Waals surface area contributed by atoms with Crippen LogP contribution in [0.1, 0.15) is 46.2 Å². The number of esters is 1. The standard InChI is InChI=1S/C21H23FN2O6/c1-3-4-11-30-19-17(21(28)29-2)24(9-10-25)13-16(18(19)26)20(27)23-12-14-5-7-15(22)8-6-14/h5-8,10,13H,3-4,9,11-12H2,1-2H3,(H,23,27). The molecule has 0 radical (unpaired) electrons. The Labute approximate surface area is 172 Å². The van der Waals surface area contributed by atoms with Gasteiger partial charge in [-0.15, -0.1) is 0 Å². The Morgan fingerprint density at radius 1 is 1.23 bits per heavy atom. The highest BCUT2D eigenvalue weighted by Gasteiger charge is 2.26. The van der Waals surface area contributed by atoms with Gasteiger partial charge < -0.3 is 24.2 Å². The highest BCUT2D eigenvalue weighted by molar-refractivity contribution is 5.97. The van der Waals surface area contributed by atoms with Crippen LogP contribution in [-0.4, -0.2) is 36.4 Å². The summed E-state index contributed by atoms with van der Waals surface area (Å²) in [7, 11) is 1.14. The third-order valence-corrected chi connectivity index (χ3v) is 4.24. The summed E-state index contributed by atoms with van der Waals surface area (Å²) in [6.07, 6.45) is 3.05. The fraction of sp³-hybridized carbons (Fsp3) is 0.333. The maximum absolute atomic E-state index is 13.0. The van der Waals surface area contributed by atoms with Gasteiger partial charge in [0.2, 0.25) is 5.43 Å². The van der Waals surface area contributed by atoms with Gasteiger partial charge >= 0.3 is 5.97 Å². The second-order valence-corrected chi connectivity index (χ2v) is 6.37. The summed E-state index contributed by atoms with van der Waals surface area (Å²) < 4.78 is 24.4. The van der Waals surface area contributed by atoms with E-state index in [1.807, 2.05) is 6.92 Å². The van der Waals surface area contributed by atoms with Crippen LogP contribution < -0.4 is 15.5 Å². The Morgan fingerprint density at radius 2 is 1.93 bits per heavy atom. The molecule has 9 heteroatoms. The third-order valence-electron chi connectivity index (χ3n) is 4.24. The smallest absolute Gasteiger partial charge is 0.358 e. The van der Waals surface area contributed by atoms with E-state index >= 15 is 0 Å². The second kappa shape index (κ2) is 10.9. The van der Waals surface area contributed by atoms with Crippen molar-refractivity contribution in [1.82, 2.24) is 9.88 Å². The number of pyridine rings is 1. The van der Waals surface area contributed by atoms with Crippen molar-refractivity contribution in [2.24, 2.45) is 0 Å². The maximum atomic E-state index is 13.0. The van der Waals surface area contributed by atoms with Crippen LogP contribution in [0.3, 0.4) is 0 Å². The lowest BCUT2D eigenvalue weighted by Gasteiger charge is -2.16. The molecular weight excluding hydrogens is 395 g/mol. The number of carbonyl (C=O) groups excluding carboxylic acids is 3. The average Bonchev–Trinajstić information content (AvgIpc) is 2.74. The lowest BCUT2D eigenvalue weighted by molar-refractivity contribution is -0.108. The van der Waals surface area contributed by atoms with Crippen molar-refractivity contribution in [3.05, 3.63) is 63.3 Å². The zero-order valence-corrected chi connectivity index (χ0v) is 16.8. The fourth-order valence-electron chi connectivity index (χ4n) is 2.66. The normalized spacial score (nSPS) is 10.4. The largest absolute Gasteiger partial charge is 0.487 e. The molecule has 1 N–H and O–H groups in total. The van der Waals surface area contributed by atoms with Gasteiger partial charge in [0.1, 0.15) is 17.7 Å². The topological polar surface area (TPSA) is 104 Å². The molecule has 2 aromatic rings. The molecule has 0 aliphatic rings. The summed E-state index contributed by atoms with van der Waals surface area (Å²) >= 11 is 0. The molecule has 0 unspecified atom stereocenters. The van der Waals surface area contributed by atoms with Crippen molar-refractivity contribution in [1.29, 1.82) is 0 Å². The number of benzene rings is 1.